The third-order valence-corrected chi connectivity index (χ3v) is 2.82. The second kappa shape index (κ2) is 7.79. The average molecular weight is 278 g/mol. The van der Waals surface area contributed by atoms with Crippen molar-refractivity contribution in [3.8, 4) is 0 Å². The predicted molar refractivity (Wildman–Crippen MR) is 74.1 cm³/mol. The molecule has 0 fully saturated rings. The molecule has 5 heteroatoms. The van der Waals surface area contributed by atoms with Gasteiger partial charge in [-0.3, -0.25) is 4.79 Å². The number of Topliss-reactive ketones (excluding diaryl/α,β-unsaturated/α-hetero) is 1. The normalized spacial score (nSPS) is 11.1. The Morgan fingerprint density at radius 3 is 2.70 bits per heavy atom. The maximum Gasteiger partial charge on any atom is 0.192 e. The number of methoxy groups -OCH3 is 1. The number of hydrogen-bond acceptors (Lipinski definition) is 5. The molecule has 0 aliphatic rings. The molecule has 1 aromatic carbocycles. The number of fused-ring (bicyclic) bond motifs is 1. The summed E-state index contributed by atoms with van der Waals surface area (Å²) in [6.45, 7) is 1.94. The lowest BCUT2D eigenvalue weighted by Crippen LogP contribution is -2.13. The third kappa shape index (κ3) is 3.90. The van der Waals surface area contributed by atoms with E-state index in [0.717, 1.165) is 5.39 Å². The molecule has 1 aromatic heterocycles. The van der Waals surface area contributed by atoms with Gasteiger partial charge in [-0.15, -0.1) is 0 Å². The Balaban J connectivity index is 1.75. The van der Waals surface area contributed by atoms with Crippen molar-refractivity contribution in [2.24, 2.45) is 0 Å². The predicted octanol–water partition coefficient (Wildman–Crippen LogP) is 2.30. The summed E-state index contributed by atoms with van der Waals surface area (Å²) in [5.74, 6) is -0.0909. The first-order valence-electron chi connectivity index (χ1n) is 6.47. The van der Waals surface area contributed by atoms with Gasteiger partial charge in [-0.2, -0.15) is 0 Å². The van der Waals surface area contributed by atoms with E-state index >= 15 is 0 Å². The number of furan rings is 1. The van der Waals surface area contributed by atoms with Crippen molar-refractivity contribution in [3.05, 3.63) is 36.1 Å². The van der Waals surface area contributed by atoms with Crippen molar-refractivity contribution in [2.45, 2.75) is 0 Å². The highest BCUT2D eigenvalue weighted by Gasteiger charge is 2.13. The standard InChI is InChI=1S/C15H18O5/c1-17-6-7-18-8-9-19-11-14(16)13-10-20-15-5-3-2-4-12(13)15/h2-5,10H,6-9,11H2,1H3. The summed E-state index contributed by atoms with van der Waals surface area (Å²) in [7, 11) is 1.62. The Hall–Kier alpha value is -1.69. The van der Waals surface area contributed by atoms with Crippen LogP contribution in [0.1, 0.15) is 10.4 Å². The van der Waals surface area contributed by atoms with Gasteiger partial charge in [0.15, 0.2) is 5.78 Å². The number of para-hydroxylation sites is 1. The van der Waals surface area contributed by atoms with Gasteiger partial charge in [0.2, 0.25) is 0 Å². The number of carbonyl (C=O) groups is 1. The van der Waals surface area contributed by atoms with Crippen LogP contribution in [0.5, 0.6) is 0 Å². The smallest absolute Gasteiger partial charge is 0.192 e. The molecule has 2 rings (SSSR count). The molecule has 0 atom stereocenters. The van der Waals surface area contributed by atoms with Crippen LogP contribution in [0.15, 0.2) is 34.9 Å². The first kappa shape index (κ1) is 14.7. The summed E-state index contributed by atoms with van der Waals surface area (Å²) < 4.78 is 20.7. The molecule has 0 radical (unpaired) electrons. The van der Waals surface area contributed by atoms with Crippen molar-refractivity contribution in [1.82, 2.24) is 0 Å². The first-order valence-corrected chi connectivity index (χ1v) is 6.47. The van der Waals surface area contributed by atoms with Gasteiger partial charge in [0, 0.05) is 12.5 Å². The summed E-state index contributed by atoms with van der Waals surface area (Å²) in [4.78, 5) is 12.0. The van der Waals surface area contributed by atoms with E-state index in [1.54, 1.807) is 7.11 Å². The monoisotopic (exact) mass is 278 g/mol. The van der Waals surface area contributed by atoms with E-state index in [1.807, 2.05) is 24.3 Å². The molecule has 0 saturated heterocycles. The zero-order valence-corrected chi connectivity index (χ0v) is 11.5. The molecule has 0 aliphatic carbocycles. The van der Waals surface area contributed by atoms with Crippen molar-refractivity contribution in [2.75, 3.05) is 40.1 Å². The zero-order valence-electron chi connectivity index (χ0n) is 11.5. The molecular formula is C15H18O5. The molecule has 0 amide bonds. The molecular weight excluding hydrogens is 260 g/mol. The maximum absolute atomic E-state index is 12.0. The Bertz CT molecular complexity index is 546. The average Bonchev–Trinajstić information content (AvgIpc) is 2.90. The highest BCUT2D eigenvalue weighted by atomic mass is 16.5. The summed E-state index contributed by atoms with van der Waals surface area (Å²) in [6, 6.07) is 7.43. The molecule has 108 valence electrons. The summed E-state index contributed by atoms with van der Waals surface area (Å²) in [5, 5.41) is 0.817. The van der Waals surface area contributed by atoms with Gasteiger partial charge in [0.1, 0.15) is 18.5 Å². The highest BCUT2D eigenvalue weighted by molar-refractivity contribution is 6.07. The Morgan fingerprint density at radius 2 is 1.85 bits per heavy atom. The number of rotatable bonds is 9. The van der Waals surface area contributed by atoms with E-state index < -0.39 is 0 Å². The summed E-state index contributed by atoms with van der Waals surface area (Å²) in [6.07, 6.45) is 1.48. The van der Waals surface area contributed by atoms with Crippen LogP contribution >= 0.6 is 0 Å². The van der Waals surface area contributed by atoms with E-state index in [1.165, 1.54) is 6.26 Å². The van der Waals surface area contributed by atoms with Crippen molar-refractivity contribution >= 4 is 16.8 Å². The van der Waals surface area contributed by atoms with Crippen LogP contribution in [-0.4, -0.2) is 45.9 Å². The molecule has 2 aromatic rings. The van der Waals surface area contributed by atoms with Gasteiger partial charge < -0.3 is 18.6 Å². The third-order valence-electron chi connectivity index (χ3n) is 2.82. The second-order valence-corrected chi connectivity index (χ2v) is 4.23. The number of ether oxygens (including phenoxy) is 3. The summed E-state index contributed by atoms with van der Waals surface area (Å²) in [5.41, 5.74) is 1.26. The van der Waals surface area contributed by atoms with Crippen LogP contribution in [0, 0.1) is 0 Å². The van der Waals surface area contributed by atoms with Gasteiger partial charge in [0.05, 0.1) is 32.0 Å². The van der Waals surface area contributed by atoms with Crippen LogP contribution in [-0.2, 0) is 14.2 Å². The fraction of sp³-hybridized carbons (Fsp3) is 0.400. The molecule has 20 heavy (non-hydrogen) atoms. The quantitative estimate of drug-likeness (QED) is 0.520. The maximum atomic E-state index is 12.0. The van der Waals surface area contributed by atoms with Crippen molar-refractivity contribution in [1.29, 1.82) is 0 Å². The number of hydrogen-bond donors (Lipinski definition) is 0. The lowest BCUT2D eigenvalue weighted by molar-refractivity contribution is 0.0253. The van der Waals surface area contributed by atoms with Gasteiger partial charge in [-0.25, -0.2) is 0 Å². The van der Waals surface area contributed by atoms with E-state index in [-0.39, 0.29) is 12.4 Å². The van der Waals surface area contributed by atoms with Crippen molar-refractivity contribution in [3.63, 3.8) is 0 Å². The lowest BCUT2D eigenvalue weighted by Gasteiger charge is -2.04. The fourth-order valence-electron chi connectivity index (χ4n) is 1.80. The van der Waals surface area contributed by atoms with Crippen LogP contribution < -0.4 is 0 Å². The topological polar surface area (TPSA) is 57.9 Å². The Morgan fingerprint density at radius 1 is 1.10 bits per heavy atom. The fourth-order valence-corrected chi connectivity index (χ4v) is 1.80. The molecule has 5 nitrogen and oxygen atoms in total. The number of ketones is 1. The van der Waals surface area contributed by atoms with Gasteiger partial charge >= 0.3 is 0 Å². The Kier molecular flexibility index (Phi) is 5.73. The van der Waals surface area contributed by atoms with Crippen LogP contribution in [0.25, 0.3) is 11.0 Å². The van der Waals surface area contributed by atoms with Gasteiger partial charge in [-0.1, -0.05) is 18.2 Å². The molecule has 1 heterocycles. The van der Waals surface area contributed by atoms with Crippen LogP contribution in [0.4, 0.5) is 0 Å². The minimum absolute atomic E-state index is 0.0250. The minimum atomic E-state index is -0.0909. The number of benzene rings is 1. The van der Waals surface area contributed by atoms with E-state index in [4.69, 9.17) is 18.6 Å². The van der Waals surface area contributed by atoms with E-state index in [0.29, 0.717) is 37.6 Å². The van der Waals surface area contributed by atoms with Crippen LogP contribution in [0.2, 0.25) is 0 Å². The van der Waals surface area contributed by atoms with Gasteiger partial charge in [0.25, 0.3) is 0 Å². The molecule has 0 saturated carbocycles. The highest BCUT2D eigenvalue weighted by Crippen LogP contribution is 2.20. The molecule has 0 N–H and O–H groups in total. The number of carbonyl (C=O) groups excluding carboxylic acids is 1. The zero-order chi connectivity index (χ0) is 14.2. The largest absolute Gasteiger partial charge is 0.464 e. The molecule has 0 aliphatic heterocycles. The van der Waals surface area contributed by atoms with E-state index in [9.17, 15) is 4.79 Å². The SMILES string of the molecule is COCCOCCOCC(=O)c1coc2ccccc12. The van der Waals surface area contributed by atoms with Crippen molar-refractivity contribution < 1.29 is 23.4 Å². The second-order valence-electron chi connectivity index (χ2n) is 4.23. The molecule has 0 unspecified atom stereocenters. The van der Waals surface area contributed by atoms with E-state index in [2.05, 4.69) is 0 Å². The summed E-state index contributed by atoms with van der Waals surface area (Å²) >= 11 is 0. The first-order chi connectivity index (χ1) is 9.83. The van der Waals surface area contributed by atoms with Gasteiger partial charge in [-0.05, 0) is 6.07 Å². The van der Waals surface area contributed by atoms with Crippen LogP contribution in [0.3, 0.4) is 0 Å². The Labute approximate surface area is 117 Å². The lowest BCUT2D eigenvalue weighted by atomic mass is 10.1. The minimum Gasteiger partial charge on any atom is -0.464 e. The molecule has 0 spiro atoms. The molecule has 0 bridgehead atoms.